The van der Waals surface area contributed by atoms with Gasteiger partial charge in [0.2, 0.25) is 0 Å². The Morgan fingerprint density at radius 1 is 1.33 bits per heavy atom. The summed E-state index contributed by atoms with van der Waals surface area (Å²) >= 11 is 3.21. The molecule has 3 nitrogen and oxygen atoms in total. The molecular weight excluding hydrogens is 299 g/mol. The molecule has 18 heavy (non-hydrogen) atoms. The van der Waals surface area contributed by atoms with E-state index in [2.05, 4.69) is 25.9 Å². The summed E-state index contributed by atoms with van der Waals surface area (Å²) in [5, 5.41) is 0. The summed E-state index contributed by atoms with van der Waals surface area (Å²) in [4.78, 5) is 18.7. The van der Waals surface area contributed by atoms with E-state index in [4.69, 9.17) is 0 Å². The summed E-state index contributed by atoms with van der Waals surface area (Å²) in [6.07, 6.45) is 1.16. The molecule has 0 aliphatic rings. The largest absolute Gasteiger partial charge is 0.309 e. The Morgan fingerprint density at radius 2 is 2.00 bits per heavy atom. The van der Waals surface area contributed by atoms with Crippen molar-refractivity contribution < 1.29 is 4.39 Å². The van der Waals surface area contributed by atoms with Gasteiger partial charge in [0.15, 0.2) is 0 Å². The molecule has 2 aromatic rings. The number of benzene rings is 1. The number of hydrogen-bond donors (Lipinski definition) is 1. The number of H-pyrrole nitrogens is 1. The number of nitrogens with one attached hydrogen (secondary N) is 1. The Hall–Kier alpha value is -1.49. The van der Waals surface area contributed by atoms with Gasteiger partial charge in [-0.2, -0.15) is 0 Å². The molecule has 1 N–H and O–H groups in total. The summed E-state index contributed by atoms with van der Waals surface area (Å²) < 4.78 is 13.3. The highest BCUT2D eigenvalue weighted by Gasteiger charge is 2.07. The highest BCUT2D eigenvalue weighted by atomic mass is 79.9. The minimum Gasteiger partial charge on any atom is -0.309 e. The molecule has 0 unspecified atom stereocenters. The molecule has 0 bridgehead atoms. The molecule has 0 amide bonds. The van der Waals surface area contributed by atoms with Crippen molar-refractivity contribution in [2.75, 3.05) is 0 Å². The first-order chi connectivity index (χ1) is 8.60. The zero-order valence-corrected chi connectivity index (χ0v) is 11.4. The average Bonchev–Trinajstić information content (AvgIpc) is 2.36. The van der Waals surface area contributed by atoms with E-state index >= 15 is 0 Å². The van der Waals surface area contributed by atoms with Crippen LogP contribution in [0.1, 0.15) is 24.0 Å². The van der Waals surface area contributed by atoms with Crippen LogP contribution in [0.2, 0.25) is 0 Å². The molecule has 94 valence electrons. The van der Waals surface area contributed by atoms with Crippen LogP contribution in [0.25, 0.3) is 0 Å². The first-order valence-corrected chi connectivity index (χ1v) is 6.41. The van der Waals surface area contributed by atoms with E-state index in [1.807, 2.05) is 6.92 Å². The van der Waals surface area contributed by atoms with Crippen molar-refractivity contribution in [1.29, 1.82) is 0 Å². The highest BCUT2D eigenvalue weighted by molar-refractivity contribution is 9.10. The minimum absolute atomic E-state index is 0.182. The molecule has 0 saturated carbocycles. The van der Waals surface area contributed by atoms with Gasteiger partial charge in [-0.1, -0.05) is 19.1 Å². The van der Waals surface area contributed by atoms with Crippen LogP contribution in [0.15, 0.2) is 33.5 Å². The molecule has 2 rings (SSSR count). The smallest absolute Gasteiger partial charge is 0.265 e. The molecule has 0 aliphatic carbocycles. The van der Waals surface area contributed by atoms with Gasteiger partial charge in [-0.25, -0.2) is 9.37 Å². The number of halogens is 2. The first kappa shape index (κ1) is 13.0. The Labute approximate surface area is 112 Å². The fraction of sp³-hybridized carbons (Fsp3) is 0.231. The maximum Gasteiger partial charge on any atom is 0.265 e. The number of hydrogen-bond acceptors (Lipinski definition) is 2. The van der Waals surface area contributed by atoms with E-state index in [1.165, 1.54) is 12.1 Å². The van der Waals surface area contributed by atoms with Crippen molar-refractivity contribution in [2.45, 2.75) is 19.8 Å². The van der Waals surface area contributed by atoms with Gasteiger partial charge in [0, 0.05) is 6.42 Å². The molecule has 5 heteroatoms. The monoisotopic (exact) mass is 310 g/mol. The average molecular weight is 311 g/mol. The van der Waals surface area contributed by atoms with E-state index in [1.54, 1.807) is 12.1 Å². The maximum absolute atomic E-state index is 12.8. The van der Waals surface area contributed by atoms with Gasteiger partial charge in [0.1, 0.15) is 16.1 Å². The molecule has 0 atom stereocenters. The molecule has 1 aromatic carbocycles. The number of aryl methyl sites for hydroxylation is 1. The molecule has 1 aromatic heterocycles. The lowest BCUT2D eigenvalue weighted by atomic mass is 10.1. The Kier molecular flexibility index (Phi) is 3.91. The van der Waals surface area contributed by atoms with Crippen molar-refractivity contribution in [2.24, 2.45) is 0 Å². The molecule has 0 fully saturated rings. The van der Waals surface area contributed by atoms with Crippen LogP contribution in [0.3, 0.4) is 0 Å². The molecule has 0 aliphatic heterocycles. The van der Waals surface area contributed by atoms with Crippen molar-refractivity contribution >= 4 is 15.9 Å². The first-order valence-electron chi connectivity index (χ1n) is 5.62. The highest BCUT2D eigenvalue weighted by Crippen LogP contribution is 2.12. The van der Waals surface area contributed by atoms with Crippen molar-refractivity contribution in [3.05, 3.63) is 62.0 Å². The van der Waals surface area contributed by atoms with Gasteiger partial charge in [-0.15, -0.1) is 0 Å². The predicted molar refractivity (Wildman–Crippen MR) is 71.1 cm³/mol. The standard InChI is InChI=1S/C13H12BrFN2O/c1-2-10-12(14)13(18)17-11(16-10)7-8-3-5-9(15)6-4-8/h3-6H,2,7H2,1H3,(H,16,17,18). The van der Waals surface area contributed by atoms with Crippen LogP contribution >= 0.6 is 15.9 Å². The van der Waals surface area contributed by atoms with Gasteiger partial charge < -0.3 is 4.98 Å². The van der Waals surface area contributed by atoms with Gasteiger partial charge in [-0.3, -0.25) is 4.79 Å². The third-order valence-electron chi connectivity index (χ3n) is 2.60. The van der Waals surface area contributed by atoms with E-state index < -0.39 is 0 Å². The van der Waals surface area contributed by atoms with E-state index in [0.717, 1.165) is 11.3 Å². The van der Waals surface area contributed by atoms with Crippen molar-refractivity contribution in [3.63, 3.8) is 0 Å². The fourth-order valence-corrected chi connectivity index (χ4v) is 2.14. The number of nitrogens with zero attached hydrogens (tertiary/aromatic N) is 1. The lowest BCUT2D eigenvalue weighted by Crippen LogP contribution is -2.15. The molecular formula is C13H12BrFN2O. The predicted octanol–water partition coefficient (Wildman–Crippen LogP) is 2.82. The second kappa shape index (κ2) is 5.44. The van der Waals surface area contributed by atoms with Crippen LogP contribution in [0, 0.1) is 5.82 Å². The molecule has 1 heterocycles. The summed E-state index contributed by atoms with van der Waals surface area (Å²) in [6.45, 7) is 1.94. The van der Waals surface area contributed by atoms with Crippen LogP contribution in [-0.2, 0) is 12.8 Å². The zero-order chi connectivity index (χ0) is 13.1. The maximum atomic E-state index is 12.8. The van der Waals surface area contributed by atoms with E-state index in [9.17, 15) is 9.18 Å². The number of rotatable bonds is 3. The van der Waals surface area contributed by atoms with Crippen LogP contribution in [0.5, 0.6) is 0 Å². The fourth-order valence-electron chi connectivity index (χ4n) is 1.67. The minimum atomic E-state index is -0.273. The lowest BCUT2D eigenvalue weighted by Gasteiger charge is -2.05. The molecule has 0 radical (unpaired) electrons. The Balaban J connectivity index is 2.32. The van der Waals surface area contributed by atoms with E-state index in [0.29, 0.717) is 23.1 Å². The summed E-state index contributed by atoms with van der Waals surface area (Å²) in [5.41, 5.74) is 1.46. The van der Waals surface area contributed by atoms with Crippen molar-refractivity contribution in [3.8, 4) is 0 Å². The van der Waals surface area contributed by atoms with Gasteiger partial charge in [-0.05, 0) is 40.0 Å². The summed E-state index contributed by atoms with van der Waals surface area (Å²) in [7, 11) is 0. The molecule has 0 spiro atoms. The van der Waals surface area contributed by atoms with Crippen LogP contribution in [0.4, 0.5) is 4.39 Å². The second-order valence-electron chi connectivity index (χ2n) is 3.93. The quantitative estimate of drug-likeness (QED) is 0.947. The number of aromatic nitrogens is 2. The third-order valence-corrected chi connectivity index (χ3v) is 3.42. The van der Waals surface area contributed by atoms with Gasteiger partial charge in [0.25, 0.3) is 5.56 Å². The van der Waals surface area contributed by atoms with Crippen LogP contribution < -0.4 is 5.56 Å². The Morgan fingerprint density at radius 3 is 2.61 bits per heavy atom. The summed E-state index contributed by atoms with van der Waals surface area (Å²) in [5.74, 6) is 0.317. The second-order valence-corrected chi connectivity index (χ2v) is 4.72. The third kappa shape index (κ3) is 2.85. The zero-order valence-electron chi connectivity index (χ0n) is 9.84. The SMILES string of the molecule is CCc1nc(Cc2ccc(F)cc2)[nH]c(=O)c1Br. The lowest BCUT2D eigenvalue weighted by molar-refractivity contribution is 0.627. The summed E-state index contributed by atoms with van der Waals surface area (Å²) in [6, 6.07) is 6.16. The van der Waals surface area contributed by atoms with Crippen molar-refractivity contribution in [1.82, 2.24) is 9.97 Å². The Bertz CT molecular complexity index is 607. The normalized spacial score (nSPS) is 10.6. The number of aromatic amines is 1. The molecule has 0 saturated heterocycles. The van der Waals surface area contributed by atoms with Gasteiger partial charge >= 0.3 is 0 Å². The van der Waals surface area contributed by atoms with Gasteiger partial charge in [0.05, 0.1) is 5.69 Å². The van der Waals surface area contributed by atoms with Crippen LogP contribution in [-0.4, -0.2) is 9.97 Å². The van der Waals surface area contributed by atoms with E-state index in [-0.39, 0.29) is 11.4 Å². The topological polar surface area (TPSA) is 45.8 Å².